The van der Waals surface area contributed by atoms with Gasteiger partial charge in [0.15, 0.2) is 0 Å². The molecule has 2 aromatic rings. The van der Waals surface area contributed by atoms with Crippen LogP contribution in [0.5, 0.6) is 0 Å². The Kier molecular flexibility index (Phi) is 5.86. The first-order valence-corrected chi connectivity index (χ1v) is 7.30. The number of carbonyl (C=O) groups is 2. The Labute approximate surface area is 138 Å². The summed E-state index contributed by atoms with van der Waals surface area (Å²) in [4.78, 5) is 22.7. The van der Waals surface area contributed by atoms with Crippen molar-refractivity contribution in [2.75, 3.05) is 17.2 Å². The fourth-order valence-corrected chi connectivity index (χ4v) is 2.06. The molecule has 2 rings (SSSR count). The number of aliphatic hydroxyl groups excluding tert-OH is 1. The summed E-state index contributed by atoms with van der Waals surface area (Å²) in [5.74, 6) is -0.712. The van der Waals surface area contributed by atoms with Gasteiger partial charge < -0.3 is 21.1 Å². The number of benzene rings is 2. The normalized spacial score (nSPS) is 11.5. The van der Waals surface area contributed by atoms with Crippen LogP contribution in [-0.2, 0) is 4.79 Å². The Morgan fingerprint density at radius 2 is 1.62 bits per heavy atom. The monoisotopic (exact) mass is 331 g/mol. The number of hydrogen-bond donors (Lipinski definition) is 4. The van der Waals surface area contributed by atoms with Crippen molar-refractivity contribution in [1.82, 2.24) is 5.32 Å². The average Bonchev–Trinajstić information content (AvgIpc) is 2.54. The summed E-state index contributed by atoms with van der Waals surface area (Å²) in [5, 5.41) is 17.6. The number of anilines is 2. The third-order valence-electron chi connectivity index (χ3n) is 3.18. The number of hydrogen-bond acceptors (Lipinski definition) is 3. The van der Waals surface area contributed by atoms with Crippen molar-refractivity contribution in [2.45, 2.75) is 13.0 Å². The van der Waals surface area contributed by atoms with Gasteiger partial charge in [-0.15, -0.1) is 0 Å². The van der Waals surface area contributed by atoms with Crippen LogP contribution in [0.1, 0.15) is 18.6 Å². The molecule has 0 aliphatic carbocycles. The Morgan fingerprint density at radius 3 is 2.21 bits per heavy atom. The largest absolute Gasteiger partial charge is 0.386 e. The minimum Gasteiger partial charge on any atom is -0.386 e. The molecule has 0 saturated carbocycles. The predicted molar refractivity (Wildman–Crippen MR) is 89.1 cm³/mol. The number of aliphatic hydroxyl groups is 1. The van der Waals surface area contributed by atoms with Crippen LogP contribution in [0, 0.1) is 5.82 Å². The van der Waals surface area contributed by atoms with E-state index in [1.807, 2.05) is 0 Å². The molecular weight excluding hydrogens is 313 g/mol. The topological polar surface area (TPSA) is 90.5 Å². The fourth-order valence-electron chi connectivity index (χ4n) is 2.06. The van der Waals surface area contributed by atoms with Gasteiger partial charge in [0.25, 0.3) is 0 Å². The number of halogens is 1. The second-order valence-electron chi connectivity index (χ2n) is 5.13. The molecule has 0 aliphatic rings. The zero-order valence-corrected chi connectivity index (χ0v) is 13.0. The quantitative estimate of drug-likeness (QED) is 0.679. The molecule has 1 unspecified atom stereocenters. The molecule has 24 heavy (non-hydrogen) atoms. The lowest BCUT2D eigenvalue weighted by molar-refractivity contribution is -0.114. The first-order valence-electron chi connectivity index (χ1n) is 7.30. The molecule has 126 valence electrons. The summed E-state index contributed by atoms with van der Waals surface area (Å²) in [6.45, 7) is 1.28. The molecule has 0 saturated heterocycles. The molecular formula is C17H18FN3O3. The maximum atomic E-state index is 13.5. The smallest absolute Gasteiger partial charge is 0.319 e. The Morgan fingerprint density at radius 1 is 1.04 bits per heavy atom. The van der Waals surface area contributed by atoms with E-state index in [-0.39, 0.29) is 18.0 Å². The van der Waals surface area contributed by atoms with Crippen LogP contribution in [0.3, 0.4) is 0 Å². The minimum absolute atomic E-state index is 0.123. The zero-order valence-electron chi connectivity index (χ0n) is 13.0. The van der Waals surface area contributed by atoms with Gasteiger partial charge in [-0.3, -0.25) is 4.79 Å². The van der Waals surface area contributed by atoms with Crippen molar-refractivity contribution >= 4 is 23.3 Å². The predicted octanol–water partition coefficient (Wildman–Crippen LogP) is 2.64. The lowest BCUT2D eigenvalue weighted by Gasteiger charge is -2.13. The number of amides is 3. The summed E-state index contributed by atoms with van der Waals surface area (Å²) in [6, 6.07) is 11.8. The molecule has 4 N–H and O–H groups in total. The molecule has 2 aromatic carbocycles. The number of rotatable bonds is 5. The van der Waals surface area contributed by atoms with E-state index in [2.05, 4.69) is 16.0 Å². The third kappa shape index (κ3) is 5.06. The molecule has 0 heterocycles. The van der Waals surface area contributed by atoms with E-state index >= 15 is 0 Å². The Bertz CT molecular complexity index is 719. The first kappa shape index (κ1) is 17.4. The Hall–Kier alpha value is -2.93. The van der Waals surface area contributed by atoms with Crippen LogP contribution in [0.4, 0.5) is 20.6 Å². The third-order valence-corrected chi connectivity index (χ3v) is 3.18. The van der Waals surface area contributed by atoms with E-state index in [4.69, 9.17) is 0 Å². The summed E-state index contributed by atoms with van der Waals surface area (Å²) in [5.41, 5.74) is 1.25. The van der Waals surface area contributed by atoms with Gasteiger partial charge in [0.2, 0.25) is 5.91 Å². The molecule has 1 atom stereocenters. The molecule has 7 heteroatoms. The van der Waals surface area contributed by atoms with Crippen molar-refractivity contribution in [1.29, 1.82) is 0 Å². The molecule has 0 aliphatic heterocycles. The van der Waals surface area contributed by atoms with Crippen LogP contribution in [-0.4, -0.2) is 23.6 Å². The average molecular weight is 331 g/mol. The van der Waals surface area contributed by atoms with E-state index in [1.165, 1.54) is 25.1 Å². The van der Waals surface area contributed by atoms with Gasteiger partial charge in [0.05, 0.1) is 6.10 Å². The molecule has 0 radical (unpaired) electrons. The first-order chi connectivity index (χ1) is 11.5. The molecule has 6 nitrogen and oxygen atoms in total. The molecule has 0 fully saturated rings. The molecule has 0 aromatic heterocycles. The highest BCUT2D eigenvalue weighted by atomic mass is 19.1. The van der Waals surface area contributed by atoms with Crippen LogP contribution in [0.2, 0.25) is 0 Å². The zero-order chi connectivity index (χ0) is 17.5. The van der Waals surface area contributed by atoms with Gasteiger partial charge in [-0.05, 0) is 30.3 Å². The van der Waals surface area contributed by atoms with Gasteiger partial charge >= 0.3 is 6.03 Å². The lowest BCUT2D eigenvalue weighted by Crippen LogP contribution is -2.32. The van der Waals surface area contributed by atoms with E-state index in [0.29, 0.717) is 11.4 Å². The van der Waals surface area contributed by atoms with E-state index in [0.717, 1.165) is 0 Å². The van der Waals surface area contributed by atoms with Crippen LogP contribution >= 0.6 is 0 Å². The number of carbonyl (C=O) groups excluding carboxylic acids is 2. The highest BCUT2D eigenvalue weighted by Gasteiger charge is 2.13. The number of urea groups is 1. The van der Waals surface area contributed by atoms with E-state index < -0.39 is 18.0 Å². The highest BCUT2D eigenvalue weighted by Crippen LogP contribution is 2.16. The second kappa shape index (κ2) is 8.07. The number of nitrogens with one attached hydrogen (secondary N) is 3. The summed E-state index contributed by atoms with van der Waals surface area (Å²) < 4.78 is 13.5. The second-order valence-corrected chi connectivity index (χ2v) is 5.13. The van der Waals surface area contributed by atoms with Crippen LogP contribution < -0.4 is 16.0 Å². The van der Waals surface area contributed by atoms with E-state index in [9.17, 15) is 19.1 Å². The molecule has 3 amide bonds. The molecule has 0 bridgehead atoms. The van der Waals surface area contributed by atoms with Gasteiger partial charge in [0.1, 0.15) is 5.82 Å². The lowest BCUT2D eigenvalue weighted by atomic mass is 10.1. The standard InChI is InChI=1S/C17H18FN3O3/c1-11(22)20-12-6-8-13(9-7-12)21-17(24)19-10-16(23)14-4-2-3-5-15(14)18/h2-9,16,23H,10H2,1H3,(H,20,22)(H2,19,21,24). The molecule has 0 spiro atoms. The van der Waals surface area contributed by atoms with Crippen LogP contribution in [0.25, 0.3) is 0 Å². The van der Waals surface area contributed by atoms with Crippen molar-refractivity contribution in [3.8, 4) is 0 Å². The van der Waals surface area contributed by atoms with Gasteiger partial charge in [0, 0.05) is 30.4 Å². The summed E-state index contributed by atoms with van der Waals surface area (Å²) in [7, 11) is 0. The van der Waals surface area contributed by atoms with Crippen molar-refractivity contribution in [3.63, 3.8) is 0 Å². The van der Waals surface area contributed by atoms with Gasteiger partial charge in [-0.1, -0.05) is 18.2 Å². The maximum absolute atomic E-state index is 13.5. The Balaban J connectivity index is 1.85. The highest BCUT2D eigenvalue weighted by molar-refractivity contribution is 5.91. The van der Waals surface area contributed by atoms with Gasteiger partial charge in [-0.2, -0.15) is 0 Å². The van der Waals surface area contributed by atoms with Crippen molar-refractivity contribution < 1.29 is 19.1 Å². The summed E-state index contributed by atoms with van der Waals surface area (Å²) >= 11 is 0. The van der Waals surface area contributed by atoms with E-state index in [1.54, 1.807) is 30.3 Å². The summed E-state index contributed by atoms with van der Waals surface area (Å²) in [6.07, 6.45) is -1.14. The maximum Gasteiger partial charge on any atom is 0.319 e. The van der Waals surface area contributed by atoms with Crippen LogP contribution in [0.15, 0.2) is 48.5 Å². The van der Waals surface area contributed by atoms with Gasteiger partial charge in [-0.25, -0.2) is 9.18 Å². The SMILES string of the molecule is CC(=O)Nc1ccc(NC(=O)NCC(O)c2ccccc2F)cc1. The van der Waals surface area contributed by atoms with Crippen molar-refractivity contribution in [3.05, 3.63) is 59.9 Å². The van der Waals surface area contributed by atoms with Crippen molar-refractivity contribution in [2.24, 2.45) is 0 Å². The fraction of sp³-hybridized carbons (Fsp3) is 0.176. The minimum atomic E-state index is -1.14.